The first-order chi connectivity index (χ1) is 11.9. The standard InChI is InChI=1S/C19H21NO4S/c1-14-3-9-17(10-4-14)25(22,23)20-12-11-19(21)18(20)13-15-5-7-16(24-2)8-6-15/h3-10,18H,11-13H2,1-2H3/t18-/m1/s1. The van der Waals surface area contributed by atoms with Gasteiger partial charge in [-0.1, -0.05) is 29.8 Å². The van der Waals surface area contributed by atoms with Crippen LogP contribution in [0.4, 0.5) is 0 Å². The molecule has 3 rings (SSSR count). The maximum absolute atomic E-state index is 12.9. The number of ketones is 1. The summed E-state index contributed by atoms with van der Waals surface area (Å²) >= 11 is 0. The van der Waals surface area contributed by atoms with Gasteiger partial charge in [0.05, 0.1) is 18.0 Å². The molecule has 0 radical (unpaired) electrons. The molecule has 0 aliphatic carbocycles. The molecule has 0 saturated carbocycles. The van der Waals surface area contributed by atoms with Gasteiger partial charge in [0.1, 0.15) is 5.75 Å². The van der Waals surface area contributed by atoms with Crippen LogP contribution in [0.1, 0.15) is 17.5 Å². The van der Waals surface area contributed by atoms with Gasteiger partial charge in [-0.2, -0.15) is 4.31 Å². The van der Waals surface area contributed by atoms with E-state index in [0.29, 0.717) is 6.42 Å². The largest absolute Gasteiger partial charge is 0.497 e. The van der Waals surface area contributed by atoms with Crippen LogP contribution in [0.5, 0.6) is 5.75 Å². The summed E-state index contributed by atoms with van der Waals surface area (Å²) in [6.07, 6.45) is 0.625. The zero-order valence-corrected chi connectivity index (χ0v) is 15.1. The highest BCUT2D eigenvalue weighted by Crippen LogP contribution is 2.27. The Balaban J connectivity index is 1.86. The van der Waals surface area contributed by atoms with Crippen molar-refractivity contribution in [2.75, 3.05) is 13.7 Å². The molecule has 0 spiro atoms. The van der Waals surface area contributed by atoms with E-state index in [9.17, 15) is 13.2 Å². The molecule has 1 atom stereocenters. The van der Waals surface area contributed by atoms with Crippen molar-refractivity contribution in [2.24, 2.45) is 0 Å². The average molecular weight is 359 g/mol. The van der Waals surface area contributed by atoms with Crippen molar-refractivity contribution in [2.45, 2.75) is 30.7 Å². The highest BCUT2D eigenvalue weighted by molar-refractivity contribution is 7.89. The van der Waals surface area contributed by atoms with Gasteiger partial charge in [-0.25, -0.2) is 8.42 Å². The van der Waals surface area contributed by atoms with Crippen LogP contribution in [-0.2, 0) is 21.2 Å². The third-order valence-electron chi connectivity index (χ3n) is 4.51. The number of methoxy groups -OCH3 is 1. The second-order valence-electron chi connectivity index (χ2n) is 6.21. The van der Waals surface area contributed by atoms with Crippen LogP contribution in [0, 0.1) is 6.92 Å². The van der Waals surface area contributed by atoms with Crippen molar-refractivity contribution >= 4 is 15.8 Å². The smallest absolute Gasteiger partial charge is 0.243 e. The van der Waals surface area contributed by atoms with Crippen molar-refractivity contribution in [3.05, 3.63) is 59.7 Å². The predicted molar refractivity (Wildman–Crippen MR) is 95.2 cm³/mol. The number of hydrogen-bond donors (Lipinski definition) is 0. The zero-order chi connectivity index (χ0) is 18.0. The zero-order valence-electron chi connectivity index (χ0n) is 14.3. The summed E-state index contributed by atoms with van der Waals surface area (Å²) in [6.45, 7) is 2.14. The highest BCUT2D eigenvalue weighted by Gasteiger charge is 2.40. The number of sulfonamides is 1. The first kappa shape index (κ1) is 17.6. The van der Waals surface area contributed by atoms with E-state index in [1.165, 1.54) is 4.31 Å². The lowest BCUT2D eigenvalue weighted by Gasteiger charge is -2.23. The molecular weight excluding hydrogens is 338 g/mol. The Labute approximate surface area is 148 Å². The highest BCUT2D eigenvalue weighted by atomic mass is 32.2. The van der Waals surface area contributed by atoms with E-state index in [0.717, 1.165) is 16.9 Å². The van der Waals surface area contributed by atoms with Crippen LogP contribution < -0.4 is 4.74 Å². The van der Waals surface area contributed by atoms with E-state index in [1.807, 2.05) is 31.2 Å². The normalized spacial score (nSPS) is 18.5. The molecule has 25 heavy (non-hydrogen) atoms. The number of nitrogens with zero attached hydrogens (tertiary/aromatic N) is 1. The fraction of sp³-hybridized carbons (Fsp3) is 0.316. The lowest BCUT2D eigenvalue weighted by molar-refractivity contribution is -0.119. The van der Waals surface area contributed by atoms with Gasteiger partial charge in [0, 0.05) is 13.0 Å². The van der Waals surface area contributed by atoms with Crippen LogP contribution >= 0.6 is 0 Å². The minimum absolute atomic E-state index is 0.0356. The van der Waals surface area contributed by atoms with Crippen LogP contribution in [0.15, 0.2) is 53.4 Å². The van der Waals surface area contributed by atoms with Crippen LogP contribution in [0.2, 0.25) is 0 Å². The Hall–Kier alpha value is -2.18. The van der Waals surface area contributed by atoms with Gasteiger partial charge in [-0.15, -0.1) is 0 Å². The summed E-state index contributed by atoms with van der Waals surface area (Å²) in [5.41, 5.74) is 1.90. The third-order valence-corrected chi connectivity index (χ3v) is 6.44. The first-order valence-electron chi connectivity index (χ1n) is 8.16. The molecule has 1 heterocycles. The van der Waals surface area contributed by atoms with E-state index in [-0.39, 0.29) is 23.6 Å². The molecule has 0 N–H and O–H groups in total. The second kappa shape index (κ2) is 6.98. The Bertz CT molecular complexity index is 857. The molecule has 6 heteroatoms. The minimum atomic E-state index is -3.68. The molecule has 0 amide bonds. The number of carbonyl (C=O) groups excluding carboxylic acids is 1. The molecule has 0 bridgehead atoms. The van der Waals surface area contributed by atoms with Crippen molar-refractivity contribution in [3.63, 3.8) is 0 Å². The number of Topliss-reactive ketones (excluding diaryl/α,β-unsaturated/α-hetero) is 1. The van der Waals surface area contributed by atoms with Gasteiger partial charge in [-0.05, 0) is 43.2 Å². The van der Waals surface area contributed by atoms with Crippen LogP contribution in [-0.4, -0.2) is 38.2 Å². The van der Waals surface area contributed by atoms with E-state index in [4.69, 9.17) is 4.74 Å². The summed E-state index contributed by atoms with van der Waals surface area (Å²) in [5.74, 6) is 0.692. The van der Waals surface area contributed by atoms with Gasteiger partial charge in [0.15, 0.2) is 5.78 Å². The lowest BCUT2D eigenvalue weighted by atomic mass is 10.0. The molecule has 0 aromatic heterocycles. The van der Waals surface area contributed by atoms with Crippen molar-refractivity contribution in [1.29, 1.82) is 0 Å². The van der Waals surface area contributed by atoms with Gasteiger partial charge < -0.3 is 4.74 Å². The Kier molecular flexibility index (Phi) is 4.92. The second-order valence-corrected chi connectivity index (χ2v) is 8.10. The monoisotopic (exact) mass is 359 g/mol. The third kappa shape index (κ3) is 3.60. The molecule has 1 aliphatic heterocycles. The molecule has 1 fully saturated rings. The number of rotatable bonds is 5. The fourth-order valence-corrected chi connectivity index (χ4v) is 4.65. The van der Waals surface area contributed by atoms with Crippen molar-refractivity contribution in [1.82, 2.24) is 4.31 Å². The number of hydrogen-bond acceptors (Lipinski definition) is 4. The molecule has 132 valence electrons. The van der Waals surface area contributed by atoms with Crippen LogP contribution in [0.25, 0.3) is 0 Å². The van der Waals surface area contributed by atoms with Gasteiger partial charge in [0.25, 0.3) is 0 Å². The summed E-state index contributed by atoms with van der Waals surface area (Å²) in [6, 6.07) is 13.4. The maximum atomic E-state index is 12.9. The topological polar surface area (TPSA) is 63.7 Å². The molecule has 0 unspecified atom stereocenters. The number of benzene rings is 2. The molecule has 2 aromatic rings. The number of carbonyl (C=O) groups is 1. The molecule has 1 saturated heterocycles. The van der Waals surface area contributed by atoms with Gasteiger partial charge in [-0.3, -0.25) is 4.79 Å². The van der Waals surface area contributed by atoms with Crippen molar-refractivity contribution < 1.29 is 17.9 Å². The summed E-state index contributed by atoms with van der Waals surface area (Å²) in [5, 5.41) is 0. The average Bonchev–Trinajstić information content (AvgIpc) is 2.97. The molecule has 1 aliphatic rings. The van der Waals surface area contributed by atoms with E-state index in [2.05, 4.69) is 0 Å². The quantitative estimate of drug-likeness (QED) is 0.823. The Morgan fingerprint density at radius 2 is 1.72 bits per heavy atom. The lowest BCUT2D eigenvalue weighted by Crippen LogP contribution is -2.39. The molecule has 2 aromatic carbocycles. The van der Waals surface area contributed by atoms with E-state index in [1.54, 1.807) is 31.4 Å². The van der Waals surface area contributed by atoms with E-state index < -0.39 is 16.1 Å². The van der Waals surface area contributed by atoms with Crippen molar-refractivity contribution in [3.8, 4) is 5.75 Å². The Morgan fingerprint density at radius 1 is 1.08 bits per heavy atom. The van der Waals surface area contributed by atoms with E-state index >= 15 is 0 Å². The Morgan fingerprint density at radius 3 is 2.32 bits per heavy atom. The first-order valence-corrected chi connectivity index (χ1v) is 9.60. The number of ether oxygens (including phenoxy) is 1. The van der Waals surface area contributed by atoms with Gasteiger partial charge in [0.2, 0.25) is 10.0 Å². The summed E-state index contributed by atoms with van der Waals surface area (Å²) < 4.78 is 32.4. The molecule has 5 nitrogen and oxygen atoms in total. The fourth-order valence-electron chi connectivity index (χ4n) is 3.04. The summed E-state index contributed by atoms with van der Waals surface area (Å²) in [7, 11) is -2.09. The summed E-state index contributed by atoms with van der Waals surface area (Å²) in [4.78, 5) is 12.5. The SMILES string of the molecule is COc1ccc(C[C@@H]2C(=O)CCN2S(=O)(=O)c2ccc(C)cc2)cc1. The van der Waals surface area contributed by atoms with Gasteiger partial charge >= 0.3 is 0 Å². The minimum Gasteiger partial charge on any atom is -0.497 e. The number of aryl methyl sites for hydroxylation is 1. The van der Waals surface area contributed by atoms with Crippen LogP contribution in [0.3, 0.4) is 0 Å². The maximum Gasteiger partial charge on any atom is 0.243 e. The predicted octanol–water partition coefficient (Wildman–Crippen LogP) is 2.58. The molecular formula is C19H21NO4S.